The average Bonchev–Trinajstić information content (AvgIpc) is 3.39. The van der Waals surface area contributed by atoms with E-state index in [0.717, 1.165) is 10.4 Å². The molecule has 0 saturated carbocycles. The van der Waals surface area contributed by atoms with Crippen LogP contribution >= 0.6 is 11.6 Å². The van der Waals surface area contributed by atoms with Crippen LogP contribution in [0.2, 0.25) is 5.02 Å². The summed E-state index contributed by atoms with van der Waals surface area (Å²) in [7, 11) is 0. The molecule has 0 fully saturated rings. The van der Waals surface area contributed by atoms with E-state index in [9.17, 15) is 4.79 Å². The average molecular weight is 428 g/mol. The lowest BCUT2D eigenvalue weighted by Crippen LogP contribution is -2.39. The molecule has 3 aromatic heterocycles. The van der Waals surface area contributed by atoms with Gasteiger partial charge in [0, 0.05) is 36.1 Å². The molecule has 1 amide bonds. The summed E-state index contributed by atoms with van der Waals surface area (Å²) in [4.78, 5) is 17.3. The highest BCUT2D eigenvalue weighted by atomic mass is 35.5. The highest BCUT2D eigenvalue weighted by Gasteiger charge is 2.28. The molecule has 1 atom stereocenters. The zero-order valence-corrected chi connectivity index (χ0v) is 17.7. The Balaban J connectivity index is 1.77. The van der Waals surface area contributed by atoms with Crippen molar-refractivity contribution in [3.05, 3.63) is 53.1 Å². The first kappa shape index (κ1) is 20.1. The van der Waals surface area contributed by atoms with Crippen molar-refractivity contribution in [1.29, 1.82) is 0 Å². The minimum Gasteiger partial charge on any atom is -0.491 e. The molecule has 3 heterocycles. The first-order chi connectivity index (χ1) is 14.5. The van der Waals surface area contributed by atoms with Crippen molar-refractivity contribution in [3.63, 3.8) is 0 Å². The van der Waals surface area contributed by atoms with Crippen LogP contribution in [-0.2, 0) is 6.54 Å². The summed E-state index contributed by atoms with van der Waals surface area (Å²) >= 11 is 6.53. The molecule has 0 saturated heterocycles. The molecule has 10 heteroatoms. The minimum atomic E-state index is -0.536. The normalized spacial score (nSPS) is 12.4. The van der Waals surface area contributed by atoms with Gasteiger partial charge in [-0.25, -0.2) is 15.3 Å². The van der Waals surface area contributed by atoms with Gasteiger partial charge < -0.3 is 4.74 Å². The SMILES string of the molecule is CCOc1c(C(C)N(N)C(=O)c2cnn3cccnc23)cc(Cl)c2cn(CC)nc12. The molecule has 0 bridgehead atoms. The van der Waals surface area contributed by atoms with Gasteiger partial charge in [-0.1, -0.05) is 11.6 Å². The number of rotatable bonds is 6. The number of aryl methyl sites for hydroxylation is 1. The van der Waals surface area contributed by atoms with Gasteiger partial charge in [-0.15, -0.1) is 0 Å². The second kappa shape index (κ2) is 7.92. The Labute approximate surface area is 178 Å². The predicted octanol–water partition coefficient (Wildman–Crippen LogP) is 3.23. The van der Waals surface area contributed by atoms with Crippen molar-refractivity contribution in [2.24, 2.45) is 5.84 Å². The fourth-order valence-electron chi connectivity index (χ4n) is 3.39. The van der Waals surface area contributed by atoms with Crippen LogP contribution in [0.3, 0.4) is 0 Å². The Kier molecular flexibility index (Phi) is 5.31. The summed E-state index contributed by atoms with van der Waals surface area (Å²) in [6.45, 7) is 6.83. The first-order valence-electron chi connectivity index (χ1n) is 9.65. The number of ether oxygens (including phenoxy) is 1. The number of fused-ring (bicyclic) bond motifs is 2. The number of amides is 1. The Hall–Kier alpha value is -3.17. The molecule has 1 aromatic carbocycles. The Morgan fingerprint density at radius 3 is 2.93 bits per heavy atom. The fraction of sp³-hybridized carbons (Fsp3) is 0.300. The molecule has 0 aliphatic heterocycles. The monoisotopic (exact) mass is 427 g/mol. The largest absolute Gasteiger partial charge is 0.491 e. The van der Waals surface area contributed by atoms with Gasteiger partial charge in [-0.3, -0.25) is 14.5 Å². The molecule has 2 N–H and O–H groups in total. The van der Waals surface area contributed by atoms with Crippen molar-refractivity contribution in [1.82, 2.24) is 29.4 Å². The summed E-state index contributed by atoms with van der Waals surface area (Å²) in [5.74, 6) is 6.42. The lowest BCUT2D eigenvalue weighted by molar-refractivity contribution is 0.0690. The van der Waals surface area contributed by atoms with Crippen LogP contribution in [0.5, 0.6) is 5.75 Å². The predicted molar refractivity (Wildman–Crippen MR) is 113 cm³/mol. The summed E-state index contributed by atoms with van der Waals surface area (Å²) in [6.07, 6.45) is 6.65. The zero-order valence-electron chi connectivity index (χ0n) is 16.9. The standard InChI is InChI=1S/C20H22ClN7O2/c1-4-26-11-15-16(21)9-13(18(30-5-2)17(15)25-26)12(3)28(22)20(29)14-10-24-27-8-6-7-23-19(14)27/h6-12H,4-5,22H2,1-3H3. The lowest BCUT2D eigenvalue weighted by atomic mass is 10.0. The van der Waals surface area contributed by atoms with Crippen molar-refractivity contribution in [2.45, 2.75) is 33.4 Å². The lowest BCUT2D eigenvalue weighted by Gasteiger charge is -2.26. The molecule has 156 valence electrons. The molecule has 0 radical (unpaired) electrons. The van der Waals surface area contributed by atoms with Crippen LogP contribution in [0, 0.1) is 0 Å². The van der Waals surface area contributed by atoms with Gasteiger partial charge in [0.2, 0.25) is 0 Å². The smallest absolute Gasteiger partial charge is 0.273 e. The molecule has 9 nitrogen and oxygen atoms in total. The van der Waals surface area contributed by atoms with E-state index in [1.54, 1.807) is 29.2 Å². The van der Waals surface area contributed by atoms with Gasteiger partial charge in [0.25, 0.3) is 5.91 Å². The maximum atomic E-state index is 13.1. The van der Waals surface area contributed by atoms with Crippen molar-refractivity contribution >= 4 is 34.1 Å². The van der Waals surface area contributed by atoms with Crippen molar-refractivity contribution in [3.8, 4) is 5.75 Å². The quantitative estimate of drug-likeness (QED) is 0.288. The number of benzene rings is 1. The van der Waals surface area contributed by atoms with Crippen LogP contribution in [0.25, 0.3) is 16.6 Å². The van der Waals surface area contributed by atoms with E-state index < -0.39 is 11.9 Å². The molecule has 0 spiro atoms. The number of carbonyl (C=O) groups is 1. The van der Waals surface area contributed by atoms with Crippen LogP contribution < -0.4 is 10.6 Å². The third kappa shape index (κ3) is 3.25. The van der Waals surface area contributed by atoms with E-state index in [0.29, 0.717) is 46.2 Å². The number of halogens is 1. The maximum absolute atomic E-state index is 13.1. The van der Waals surface area contributed by atoms with Gasteiger partial charge >= 0.3 is 0 Å². The van der Waals surface area contributed by atoms with Gasteiger partial charge in [0.05, 0.1) is 23.9 Å². The third-order valence-electron chi connectivity index (χ3n) is 5.00. The number of hydrazine groups is 1. The molecular weight excluding hydrogens is 406 g/mol. The summed E-state index contributed by atoms with van der Waals surface area (Å²) in [5, 5.41) is 11.2. The molecule has 4 rings (SSSR count). The highest BCUT2D eigenvalue weighted by molar-refractivity contribution is 6.35. The van der Waals surface area contributed by atoms with Gasteiger partial charge in [0.1, 0.15) is 11.1 Å². The van der Waals surface area contributed by atoms with E-state index in [1.807, 2.05) is 27.0 Å². The van der Waals surface area contributed by atoms with Crippen molar-refractivity contribution in [2.75, 3.05) is 6.61 Å². The van der Waals surface area contributed by atoms with E-state index >= 15 is 0 Å². The number of aromatic nitrogens is 5. The molecular formula is C20H22ClN7O2. The number of hydrogen-bond acceptors (Lipinski definition) is 6. The fourth-order valence-corrected chi connectivity index (χ4v) is 3.65. The van der Waals surface area contributed by atoms with Gasteiger partial charge in [-0.2, -0.15) is 10.2 Å². The summed E-state index contributed by atoms with van der Waals surface area (Å²) in [6, 6.07) is 2.98. The summed E-state index contributed by atoms with van der Waals surface area (Å²) in [5.41, 5.74) is 2.07. The number of nitrogens with two attached hydrogens (primary N) is 1. The molecule has 30 heavy (non-hydrogen) atoms. The number of hydrogen-bond donors (Lipinski definition) is 1. The molecule has 0 aliphatic rings. The number of carbonyl (C=O) groups excluding carboxylic acids is 1. The van der Waals surface area contributed by atoms with Gasteiger partial charge in [0.15, 0.2) is 11.4 Å². The zero-order chi connectivity index (χ0) is 21.4. The summed E-state index contributed by atoms with van der Waals surface area (Å²) < 4.78 is 9.24. The second-order valence-corrected chi connectivity index (χ2v) is 7.20. The minimum absolute atomic E-state index is 0.311. The first-order valence-corrected chi connectivity index (χ1v) is 10.0. The van der Waals surface area contributed by atoms with E-state index in [4.69, 9.17) is 22.2 Å². The van der Waals surface area contributed by atoms with Crippen LogP contribution in [0.4, 0.5) is 0 Å². The molecule has 1 unspecified atom stereocenters. The Bertz CT molecular complexity index is 1230. The van der Waals surface area contributed by atoms with Crippen LogP contribution in [0.15, 0.2) is 36.9 Å². The van der Waals surface area contributed by atoms with Crippen LogP contribution in [-0.4, -0.2) is 41.9 Å². The van der Waals surface area contributed by atoms with Crippen LogP contribution in [0.1, 0.15) is 42.7 Å². The number of nitrogens with zero attached hydrogens (tertiary/aromatic N) is 6. The Morgan fingerprint density at radius 1 is 1.40 bits per heavy atom. The van der Waals surface area contributed by atoms with E-state index in [-0.39, 0.29) is 0 Å². The van der Waals surface area contributed by atoms with E-state index in [2.05, 4.69) is 15.2 Å². The second-order valence-electron chi connectivity index (χ2n) is 6.79. The Morgan fingerprint density at radius 2 is 2.20 bits per heavy atom. The van der Waals surface area contributed by atoms with Gasteiger partial charge in [-0.05, 0) is 32.9 Å². The third-order valence-corrected chi connectivity index (χ3v) is 5.32. The maximum Gasteiger partial charge on any atom is 0.273 e. The topological polar surface area (TPSA) is 104 Å². The highest BCUT2D eigenvalue weighted by Crippen LogP contribution is 2.39. The molecule has 4 aromatic rings. The van der Waals surface area contributed by atoms with E-state index in [1.165, 1.54) is 10.7 Å². The molecule has 0 aliphatic carbocycles. The van der Waals surface area contributed by atoms with Crippen molar-refractivity contribution < 1.29 is 9.53 Å².